The Balaban J connectivity index is 1.75. The third kappa shape index (κ3) is 3.66. The fourth-order valence-corrected chi connectivity index (χ4v) is 2.73. The summed E-state index contributed by atoms with van der Waals surface area (Å²) in [6.07, 6.45) is 1.98. The largest absolute Gasteiger partial charge is 0.490 e. The van der Waals surface area contributed by atoms with Gasteiger partial charge in [-0.25, -0.2) is 4.39 Å². The SMILES string of the molecule is Cc1cc(Nc2cccc(F)c2C#N)ccc1OC1CCOCC1. The summed E-state index contributed by atoms with van der Waals surface area (Å²) < 4.78 is 25.0. The number of nitrogens with zero attached hydrogens (tertiary/aromatic N) is 1. The number of benzene rings is 2. The lowest BCUT2D eigenvalue weighted by Gasteiger charge is -2.24. The summed E-state index contributed by atoms with van der Waals surface area (Å²) in [7, 11) is 0. The predicted molar refractivity (Wildman–Crippen MR) is 90.0 cm³/mol. The number of hydrogen-bond acceptors (Lipinski definition) is 4. The van der Waals surface area contributed by atoms with Gasteiger partial charge >= 0.3 is 0 Å². The Morgan fingerprint density at radius 2 is 2.04 bits per heavy atom. The first-order chi connectivity index (χ1) is 11.7. The lowest BCUT2D eigenvalue weighted by Crippen LogP contribution is -2.26. The fraction of sp³-hybridized carbons (Fsp3) is 0.316. The summed E-state index contributed by atoms with van der Waals surface area (Å²) in [5, 5.41) is 12.2. The molecule has 3 rings (SSSR count). The lowest BCUT2D eigenvalue weighted by molar-refractivity contribution is 0.0253. The van der Waals surface area contributed by atoms with Crippen LogP contribution < -0.4 is 10.1 Å². The van der Waals surface area contributed by atoms with Gasteiger partial charge in [0.05, 0.1) is 18.9 Å². The molecule has 1 N–H and O–H groups in total. The van der Waals surface area contributed by atoms with Crippen LogP contribution in [0.1, 0.15) is 24.0 Å². The normalized spacial score (nSPS) is 14.9. The van der Waals surface area contributed by atoms with Crippen molar-refractivity contribution in [1.82, 2.24) is 0 Å². The molecule has 124 valence electrons. The summed E-state index contributed by atoms with van der Waals surface area (Å²) in [4.78, 5) is 0. The third-order valence-electron chi connectivity index (χ3n) is 4.04. The van der Waals surface area contributed by atoms with Gasteiger partial charge in [-0.2, -0.15) is 5.26 Å². The second kappa shape index (κ2) is 7.33. The zero-order valence-corrected chi connectivity index (χ0v) is 13.5. The van der Waals surface area contributed by atoms with Gasteiger partial charge in [0.2, 0.25) is 0 Å². The maximum atomic E-state index is 13.7. The van der Waals surface area contributed by atoms with Crippen molar-refractivity contribution < 1.29 is 13.9 Å². The van der Waals surface area contributed by atoms with Crippen LogP contribution in [0.3, 0.4) is 0 Å². The van der Waals surface area contributed by atoms with E-state index in [2.05, 4.69) is 5.32 Å². The first kappa shape index (κ1) is 16.3. The summed E-state index contributed by atoms with van der Waals surface area (Å²) in [6, 6.07) is 12.1. The van der Waals surface area contributed by atoms with Crippen LogP contribution in [-0.2, 0) is 4.74 Å². The summed E-state index contributed by atoms with van der Waals surface area (Å²) >= 11 is 0. The summed E-state index contributed by atoms with van der Waals surface area (Å²) in [6.45, 7) is 3.44. The Labute approximate surface area is 140 Å². The first-order valence-electron chi connectivity index (χ1n) is 7.98. The molecule has 24 heavy (non-hydrogen) atoms. The van der Waals surface area contributed by atoms with E-state index in [-0.39, 0.29) is 11.7 Å². The van der Waals surface area contributed by atoms with Crippen molar-refractivity contribution in [2.45, 2.75) is 25.9 Å². The van der Waals surface area contributed by atoms with Crippen molar-refractivity contribution in [3.63, 3.8) is 0 Å². The molecule has 0 amide bonds. The Morgan fingerprint density at radius 1 is 1.25 bits per heavy atom. The minimum Gasteiger partial charge on any atom is -0.490 e. The van der Waals surface area contributed by atoms with Crippen molar-refractivity contribution in [3.05, 3.63) is 53.3 Å². The van der Waals surface area contributed by atoms with E-state index in [1.807, 2.05) is 31.2 Å². The van der Waals surface area contributed by atoms with E-state index in [0.717, 1.165) is 43.1 Å². The summed E-state index contributed by atoms with van der Waals surface area (Å²) in [5.74, 6) is 0.311. The van der Waals surface area contributed by atoms with E-state index in [4.69, 9.17) is 14.7 Å². The standard InChI is InChI=1S/C19H19FN2O2/c1-13-11-14(22-18-4-2-3-17(20)16(18)12-21)5-6-19(13)24-15-7-9-23-10-8-15/h2-6,11,15,22H,7-10H2,1H3. The van der Waals surface area contributed by atoms with Gasteiger partial charge in [0.15, 0.2) is 0 Å². The number of nitrogens with one attached hydrogen (secondary N) is 1. The van der Waals surface area contributed by atoms with E-state index in [1.165, 1.54) is 6.07 Å². The highest BCUT2D eigenvalue weighted by Gasteiger charge is 2.16. The van der Waals surface area contributed by atoms with Crippen LogP contribution in [0.4, 0.5) is 15.8 Å². The number of hydrogen-bond donors (Lipinski definition) is 1. The van der Waals surface area contributed by atoms with Crippen LogP contribution in [0, 0.1) is 24.1 Å². The molecular weight excluding hydrogens is 307 g/mol. The monoisotopic (exact) mass is 326 g/mol. The van der Waals surface area contributed by atoms with Gasteiger partial charge in [0.25, 0.3) is 0 Å². The second-order valence-corrected chi connectivity index (χ2v) is 5.81. The Morgan fingerprint density at radius 3 is 2.75 bits per heavy atom. The molecule has 0 radical (unpaired) electrons. The number of nitriles is 1. The molecule has 1 heterocycles. The number of rotatable bonds is 4. The topological polar surface area (TPSA) is 54.3 Å². The van der Waals surface area contributed by atoms with Crippen molar-refractivity contribution in [3.8, 4) is 11.8 Å². The average Bonchev–Trinajstić information content (AvgIpc) is 2.58. The molecule has 1 saturated heterocycles. The molecule has 0 aliphatic carbocycles. The Bertz CT molecular complexity index is 764. The van der Waals surface area contributed by atoms with Crippen molar-refractivity contribution in [1.29, 1.82) is 5.26 Å². The molecule has 2 aromatic rings. The van der Waals surface area contributed by atoms with Gasteiger partial charge in [-0.15, -0.1) is 0 Å². The molecular formula is C19H19FN2O2. The van der Waals surface area contributed by atoms with Crippen molar-refractivity contribution in [2.24, 2.45) is 0 Å². The Kier molecular flexibility index (Phi) is 4.97. The minimum atomic E-state index is -0.529. The van der Waals surface area contributed by atoms with Crippen molar-refractivity contribution in [2.75, 3.05) is 18.5 Å². The van der Waals surface area contributed by atoms with Gasteiger partial charge in [-0.05, 0) is 42.8 Å². The smallest absolute Gasteiger partial charge is 0.143 e. The molecule has 1 fully saturated rings. The molecule has 0 unspecified atom stereocenters. The zero-order valence-electron chi connectivity index (χ0n) is 13.5. The first-order valence-corrected chi connectivity index (χ1v) is 7.98. The highest BCUT2D eigenvalue weighted by molar-refractivity contribution is 5.67. The van der Waals surface area contributed by atoms with Crippen molar-refractivity contribution >= 4 is 11.4 Å². The molecule has 4 nitrogen and oxygen atoms in total. The molecule has 1 aliphatic heterocycles. The molecule has 0 aromatic heterocycles. The molecule has 5 heteroatoms. The number of aryl methyl sites for hydroxylation is 1. The van der Waals surface area contributed by atoms with Gasteiger partial charge < -0.3 is 14.8 Å². The maximum absolute atomic E-state index is 13.7. The van der Waals surface area contributed by atoms with E-state index in [1.54, 1.807) is 12.1 Å². The van der Waals surface area contributed by atoms with Gasteiger partial charge in [0, 0.05) is 18.5 Å². The third-order valence-corrected chi connectivity index (χ3v) is 4.04. The lowest BCUT2D eigenvalue weighted by atomic mass is 10.1. The molecule has 1 aliphatic rings. The van der Waals surface area contributed by atoms with Gasteiger partial charge in [0.1, 0.15) is 29.3 Å². The molecule has 0 atom stereocenters. The van der Waals surface area contributed by atoms with Gasteiger partial charge in [-0.1, -0.05) is 6.07 Å². The van der Waals surface area contributed by atoms with E-state index in [0.29, 0.717) is 5.69 Å². The molecule has 0 spiro atoms. The van der Waals surface area contributed by atoms with E-state index in [9.17, 15) is 4.39 Å². The summed E-state index contributed by atoms with van der Waals surface area (Å²) in [5.41, 5.74) is 2.24. The van der Waals surface area contributed by atoms with Crippen LogP contribution >= 0.6 is 0 Å². The highest BCUT2D eigenvalue weighted by Crippen LogP contribution is 2.28. The van der Waals surface area contributed by atoms with Crippen LogP contribution in [0.25, 0.3) is 0 Å². The van der Waals surface area contributed by atoms with Gasteiger partial charge in [-0.3, -0.25) is 0 Å². The number of ether oxygens (including phenoxy) is 2. The van der Waals surface area contributed by atoms with E-state index >= 15 is 0 Å². The number of halogens is 1. The second-order valence-electron chi connectivity index (χ2n) is 5.81. The molecule has 0 bridgehead atoms. The predicted octanol–water partition coefficient (Wildman–Crippen LogP) is 4.31. The van der Waals surface area contributed by atoms with Crippen LogP contribution in [0.5, 0.6) is 5.75 Å². The number of anilines is 2. The van der Waals surface area contributed by atoms with Crippen LogP contribution in [-0.4, -0.2) is 19.3 Å². The minimum absolute atomic E-state index is 0.0117. The average molecular weight is 326 g/mol. The zero-order chi connectivity index (χ0) is 16.9. The quantitative estimate of drug-likeness (QED) is 0.910. The fourth-order valence-electron chi connectivity index (χ4n) is 2.73. The maximum Gasteiger partial charge on any atom is 0.143 e. The van der Waals surface area contributed by atoms with Crippen LogP contribution in [0.2, 0.25) is 0 Å². The molecule has 2 aromatic carbocycles. The Hall–Kier alpha value is -2.58. The highest BCUT2D eigenvalue weighted by atomic mass is 19.1. The molecule has 0 saturated carbocycles. The van der Waals surface area contributed by atoms with E-state index < -0.39 is 5.82 Å². The van der Waals surface area contributed by atoms with Crippen LogP contribution in [0.15, 0.2) is 36.4 Å².